The van der Waals surface area contributed by atoms with Gasteiger partial charge in [-0.05, 0) is 64.9 Å². The van der Waals surface area contributed by atoms with Gasteiger partial charge in [0.2, 0.25) is 0 Å². The van der Waals surface area contributed by atoms with Gasteiger partial charge in [-0.3, -0.25) is 4.79 Å². The normalized spacial score (nSPS) is 15.9. The molecule has 2 aliphatic heterocycles. The lowest BCUT2D eigenvalue weighted by Crippen LogP contribution is -2.08. The Morgan fingerprint density at radius 3 is 2.59 bits per heavy atom. The van der Waals surface area contributed by atoms with E-state index in [1.165, 1.54) is 6.26 Å². The third-order valence-electron chi connectivity index (χ3n) is 6.96. The number of carbonyl (C=O) groups is 1. The van der Waals surface area contributed by atoms with Crippen molar-refractivity contribution in [1.29, 1.82) is 0 Å². The van der Waals surface area contributed by atoms with Crippen LogP contribution >= 0.6 is 0 Å². The second-order valence-corrected chi connectivity index (χ2v) is 12.3. The zero-order chi connectivity index (χ0) is 27.4. The Balaban J connectivity index is 1.25. The number of ether oxygens (including phenoxy) is 4. The number of hydrogen-bond acceptors (Lipinski definition) is 7. The molecule has 39 heavy (non-hydrogen) atoms. The molecule has 9 heteroatoms. The number of carboxylic acids is 1. The van der Waals surface area contributed by atoms with E-state index in [1.807, 2.05) is 42.5 Å². The first-order chi connectivity index (χ1) is 18.7. The fourth-order valence-corrected chi connectivity index (χ4v) is 5.61. The molecule has 0 bridgehead atoms. The average molecular weight is 553 g/mol. The van der Waals surface area contributed by atoms with Gasteiger partial charge in [-0.2, -0.15) is 0 Å². The minimum absolute atomic E-state index is 0.0930. The largest absolute Gasteiger partial charge is 0.494 e. The quantitative estimate of drug-likeness (QED) is 0.327. The SMILES string of the molecule is CS(=O)(=O)CCCOc1ccc2c(c1)COCc1ccc(COc3ccc4c(c3)OC[C@H]4CCC(=O)O)cc1-2. The summed E-state index contributed by atoms with van der Waals surface area (Å²) in [6, 6.07) is 17.9. The zero-order valence-corrected chi connectivity index (χ0v) is 22.7. The molecule has 8 nitrogen and oxygen atoms in total. The van der Waals surface area contributed by atoms with Gasteiger partial charge in [0.05, 0.1) is 32.2 Å². The third kappa shape index (κ3) is 6.91. The fourth-order valence-electron chi connectivity index (χ4n) is 4.96. The maximum atomic E-state index is 11.3. The molecule has 0 amide bonds. The van der Waals surface area contributed by atoms with Gasteiger partial charge in [0.15, 0.2) is 0 Å². The number of rotatable bonds is 11. The lowest BCUT2D eigenvalue weighted by atomic mass is 9.95. The van der Waals surface area contributed by atoms with E-state index < -0.39 is 15.8 Å². The van der Waals surface area contributed by atoms with Crippen LogP contribution in [0.25, 0.3) is 11.1 Å². The van der Waals surface area contributed by atoms with Crippen molar-refractivity contribution in [2.75, 3.05) is 25.2 Å². The highest BCUT2D eigenvalue weighted by molar-refractivity contribution is 7.90. The molecule has 3 aromatic carbocycles. The topological polar surface area (TPSA) is 108 Å². The molecule has 206 valence electrons. The number of aliphatic carboxylic acids is 1. The Morgan fingerprint density at radius 1 is 0.974 bits per heavy atom. The van der Waals surface area contributed by atoms with Crippen LogP contribution in [0.2, 0.25) is 0 Å². The highest BCUT2D eigenvalue weighted by Crippen LogP contribution is 2.39. The van der Waals surface area contributed by atoms with Crippen molar-refractivity contribution in [2.45, 2.75) is 45.0 Å². The minimum atomic E-state index is -3.00. The van der Waals surface area contributed by atoms with Gasteiger partial charge in [0.25, 0.3) is 0 Å². The molecule has 0 unspecified atom stereocenters. The van der Waals surface area contributed by atoms with E-state index in [0.717, 1.165) is 39.1 Å². The van der Waals surface area contributed by atoms with Gasteiger partial charge >= 0.3 is 5.97 Å². The maximum Gasteiger partial charge on any atom is 0.303 e. The summed E-state index contributed by atoms with van der Waals surface area (Å²) in [5, 5.41) is 8.97. The summed E-state index contributed by atoms with van der Waals surface area (Å²) >= 11 is 0. The first-order valence-corrected chi connectivity index (χ1v) is 15.1. The molecule has 5 rings (SSSR count). The predicted molar refractivity (Wildman–Crippen MR) is 146 cm³/mol. The first kappa shape index (κ1) is 27.0. The van der Waals surface area contributed by atoms with Crippen molar-refractivity contribution in [3.05, 3.63) is 76.9 Å². The fraction of sp³-hybridized carbons (Fsp3) is 0.367. The van der Waals surface area contributed by atoms with Crippen LogP contribution in [0.3, 0.4) is 0 Å². The van der Waals surface area contributed by atoms with E-state index in [9.17, 15) is 13.2 Å². The van der Waals surface area contributed by atoms with Gasteiger partial charge in [-0.15, -0.1) is 0 Å². The Morgan fingerprint density at radius 2 is 1.77 bits per heavy atom. The van der Waals surface area contributed by atoms with Gasteiger partial charge in [-0.1, -0.05) is 24.3 Å². The summed E-state index contributed by atoms with van der Waals surface area (Å²) in [6.07, 6.45) is 2.35. The van der Waals surface area contributed by atoms with Crippen molar-refractivity contribution in [1.82, 2.24) is 0 Å². The minimum Gasteiger partial charge on any atom is -0.494 e. The van der Waals surface area contributed by atoms with Crippen LogP contribution in [0, 0.1) is 0 Å². The summed E-state index contributed by atoms with van der Waals surface area (Å²) < 4.78 is 46.3. The molecule has 0 saturated carbocycles. The average Bonchev–Trinajstić information content (AvgIpc) is 3.22. The third-order valence-corrected chi connectivity index (χ3v) is 7.99. The maximum absolute atomic E-state index is 11.3. The van der Waals surface area contributed by atoms with Crippen LogP contribution in [0.5, 0.6) is 17.2 Å². The molecule has 2 heterocycles. The lowest BCUT2D eigenvalue weighted by Gasteiger charge is -2.14. The highest BCUT2D eigenvalue weighted by atomic mass is 32.2. The summed E-state index contributed by atoms with van der Waals surface area (Å²) in [6.45, 7) is 2.17. The van der Waals surface area contributed by atoms with Crippen LogP contribution in [0.15, 0.2) is 54.6 Å². The van der Waals surface area contributed by atoms with Crippen LogP contribution in [0.4, 0.5) is 0 Å². The number of sulfone groups is 1. The van der Waals surface area contributed by atoms with Crippen molar-refractivity contribution >= 4 is 15.8 Å². The second-order valence-electron chi connectivity index (χ2n) is 10.1. The summed E-state index contributed by atoms with van der Waals surface area (Å²) in [7, 11) is -3.00. The Kier molecular flexibility index (Phi) is 8.09. The summed E-state index contributed by atoms with van der Waals surface area (Å²) in [5.41, 5.74) is 6.32. The van der Waals surface area contributed by atoms with Crippen LogP contribution < -0.4 is 14.2 Å². The van der Waals surface area contributed by atoms with Crippen LogP contribution in [0.1, 0.15) is 47.4 Å². The molecule has 0 spiro atoms. The van der Waals surface area contributed by atoms with Crippen molar-refractivity contribution in [3.8, 4) is 28.4 Å². The van der Waals surface area contributed by atoms with E-state index in [4.69, 9.17) is 24.1 Å². The molecular weight excluding hydrogens is 520 g/mol. The molecule has 0 aromatic heterocycles. The molecule has 1 atom stereocenters. The van der Waals surface area contributed by atoms with E-state index >= 15 is 0 Å². The monoisotopic (exact) mass is 552 g/mol. The van der Waals surface area contributed by atoms with Gasteiger partial charge < -0.3 is 24.1 Å². The van der Waals surface area contributed by atoms with Gasteiger partial charge in [0.1, 0.15) is 33.7 Å². The first-order valence-electron chi connectivity index (χ1n) is 13.0. The Hall–Kier alpha value is -3.56. The van der Waals surface area contributed by atoms with E-state index in [0.29, 0.717) is 57.4 Å². The van der Waals surface area contributed by atoms with Crippen molar-refractivity contribution in [3.63, 3.8) is 0 Å². The molecule has 0 fully saturated rings. The summed E-state index contributed by atoms with van der Waals surface area (Å²) in [5.74, 6) is 1.54. The number of benzene rings is 3. The van der Waals surface area contributed by atoms with Gasteiger partial charge in [-0.25, -0.2) is 8.42 Å². The molecule has 0 saturated heterocycles. The van der Waals surface area contributed by atoms with Gasteiger partial charge in [0, 0.05) is 30.2 Å². The lowest BCUT2D eigenvalue weighted by molar-refractivity contribution is -0.137. The second kappa shape index (κ2) is 11.7. The summed E-state index contributed by atoms with van der Waals surface area (Å²) in [4.78, 5) is 10.9. The molecule has 0 aliphatic carbocycles. The standard InChI is InChI=1S/C30H32O8S/c1-39(33,34)12-2-11-36-24-6-8-26-23(14-24)18-35-17-21-4-3-20(13-28(21)26)16-37-25-7-9-27-22(5-10-30(31)32)19-38-29(27)15-25/h3-4,6-9,13-15,22H,2,5,10-12,16-19H2,1H3,(H,31,32)/t22-/m1/s1. The van der Waals surface area contributed by atoms with Crippen molar-refractivity contribution < 1.29 is 37.3 Å². The van der Waals surface area contributed by atoms with E-state index in [1.54, 1.807) is 0 Å². The van der Waals surface area contributed by atoms with Crippen LogP contribution in [-0.4, -0.2) is 44.7 Å². The molecular formula is C30H32O8S. The molecule has 0 radical (unpaired) electrons. The Bertz CT molecular complexity index is 1460. The smallest absolute Gasteiger partial charge is 0.303 e. The highest BCUT2D eigenvalue weighted by Gasteiger charge is 2.25. The van der Waals surface area contributed by atoms with E-state index in [-0.39, 0.29) is 18.1 Å². The zero-order valence-electron chi connectivity index (χ0n) is 21.9. The van der Waals surface area contributed by atoms with Crippen LogP contribution in [-0.2, 0) is 39.2 Å². The molecule has 2 aliphatic rings. The van der Waals surface area contributed by atoms with E-state index in [2.05, 4.69) is 12.1 Å². The number of fused-ring (bicyclic) bond motifs is 4. The number of hydrogen-bond donors (Lipinski definition) is 1. The molecule has 1 N–H and O–H groups in total. The number of carboxylic acid groups (broad SMARTS) is 1. The predicted octanol–water partition coefficient (Wildman–Crippen LogP) is 5.12. The van der Waals surface area contributed by atoms with Crippen molar-refractivity contribution in [2.24, 2.45) is 0 Å². The Labute approximate surface area is 228 Å². The molecule has 3 aromatic rings.